The molecule has 0 fully saturated rings. The Morgan fingerprint density at radius 2 is 1.44 bits per heavy atom. The summed E-state index contributed by atoms with van der Waals surface area (Å²) < 4.78 is 15.9. The quantitative estimate of drug-likeness (QED) is 0.367. The molecule has 27 heavy (non-hydrogen) atoms. The molecular formula is C22H35NO4. The zero-order valence-electron chi connectivity index (χ0n) is 17.3. The Morgan fingerprint density at radius 3 is 1.96 bits per heavy atom. The lowest BCUT2D eigenvalue weighted by Crippen LogP contribution is -2.21. The molecule has 0 atom stereocenters. The molecule has 0 unspecified atom stereocenters. The van der Waals surface area contributed by atoms with Crippen molar-refractivity contribution in [1.82, 2.24) is 5.32 Å². The molecule has 1 N–H and O–H groups in total. The topological polar surface area (TPSA) is 56.8 Å². The average molecular weight is 378 g/mol. The van der Waals surface area contributed by atoms with E-state index in [1.54, 1.807) is 27.4 Å². The average Bonchev–Trinajstić information content (AvgIpc) is 2.69. The SMILES string of the molecule is CCCCCCCCCCNC(=O)/C=C/c1cc(OC)c(OC)c(OC)c1. The van der Waals surface area contributed by atoms with Gasteiger partial charge in [0.25, 0.3) is 0 Å². The number of benzene rings is 1. The van der Waals surface area contributed by atoms with Crippen LogP contribution in [-0.2, 0) is 4.79 Å². The maximum absolute atomic E-state index is 12.0. The van der Waals surface area contributed by atoms with Gasteiger partial charge >= 0.3 is 0 Å². The van der Waals surface area contributed by atoms with Crippen LogP contribution in [0.3, 0.4) is 0 Å². The van der Waals surface area contributed by atoms with E-state index in [-0.39, 0.29) is 5.91 Å². The number of rotatable bonds is 14. The second kappa shape index (κ2) is 14.0. The first-order valence-electron chi connectivity index (χ1n) is 9.92. The van der Waals surface area contributed by atoms with E-state index in [1.165, 1.54) is 51.0 Å². The smallest absolute Gasteiger partial charge is 0.243 e. The Hall–Kier alpha value is -2.17. The Balaban J connectivity index is 2.37. The first-order valence-corrected chi connectivity index (χ1v) is 9.92. The number of ether oxygens (including phenoxy) is 3. The summed E-state index contributed by atoms with van der Waals surface area (Å²) in [6, 6.07) is 3.62. The monoisotopic (exact) mass is 377 g/mol. The predicted molar refractivity (Wildman–Crippen MR) is 111 cm³/mol. The number of hydrogen-bond donors (Lipinski definition) is 1. The van der Waals surface area contributed by atoms with Crippen LogP contribution in [0.5, 0.6) is 17.2 Å². The molecule has 1 amide bonds. The number of nitrogens with one attached hydrogen (secondary N) is 1. The van der Waals surface area contributed by atoms with E-state index in [9.17, 15) is 4.79 Å². The van der Waals surface area contributed by atoms with Crippen molar-refractivity contribution >= 4 is 12.0 Å². The molecule has 0 radical (unpaired) electrons. The van der Waals surface area contributed by atoms with Gasteiger partial charge in [-0.05, 0) is 30.2 Å². The summed E-state index contributed by atoms with van der Waals surface area (Å²) in [7, 11) is 4.71. The number of unbranched alkanes of at least 4 members (excludes halogenated alkanes) is 7. The number of carbonyl (C=O) groups is 1. The van der Waals surface area contributed by atoms with Crippen LogP contribution in [0.15, 0.2) is 18.2 Å². The van der Waals surface area contributed by atoms with Gasteiger partial charge in [0.05, 0.1) is 21.3 Å². The van der Waals surface area contributed by atoms with E-state index in [1.807, 2.05) is 12.1 Å². The highest BCUT2D eigenvalue weighted by Crippen LogP contribution is 2.38. The molecule has 0 heterocycles. The van der Waals surface area contributed by atoms with E-state index >= 15 is 0 Å². The van der Waals surface area contributed by atoms with E-state index in [0.29, 0.717) is 23.8 Å². The molecule has 0 aliphatic carbocycles. The molecule has 5 heteroatoms. The van der Waals surface area contributed by atoms with Gasteiger partial charge in [0, 0.05) is 12.6 Å². The minimum atomic E-state index is -0.0910. The molecule has 5 nitrogen and oxygen atoms in total. The van der Waals surface area contributed by atoms with Crippen molar-refractivity contribution in [3.05, 3.63) is 23.8 Å². The molecule has 0 spiro atoms. The lowest BCUT2D eigenvalue weighted by atomic mass is 10.1. The standard InChI is InChI=1S/C22H35NO4/c1-5-6-7-8-9-10-11-12-15-23-21(24)14-13-18-16-19(25-2)22(27-4)20(17-18)26-3/h13-14,16-17H,5-12,15H2,1-4H3,(H,23,24)/b14-13+. The summed E-state index contributed by atoms with van der Waals surface area (Å²) in [6.07, 6.45) is 13.3. The van der Waals surface area contributed by atoms with E-state index in [0.717, 1.165) is 12.0 Å². The third kappa shape index (κ3) is 8.85. The highest BCUT2D eigenvalue weighted by molar-refractivity contribution is 5.91. The van der Waals surface area contributed by atoms with Crippen LogP contribution in [0.25, 0.3) is 6.08 Å². The highest BCUT2D eigenvalue weighted by Gasteiger charge is 2.12. The normalized spacial score (nSPS) is 10.8. The molecule has 1 rings (SSSR count). The summed E-state index contributed by atoms with van der Waals surface area (Å²) in [5.74, 6) is 1.58. The maximum Gasteiger partial charge on any atom is 0.243 e. The second-order valence-electron chi connectivity index (χ2n) is 6.56. The number of carbonyl (C=O) groups excluding carboxylic acids is 1. The summed E-state index contributed by atoms with van der Waals surface area (Å²) in [5.41, 5.74) is 0.812. The van der Waals surface area contributed by atoms with Gasteiger partial charge in [-0.25, -0.2) is 0 Å². The Bertz CT molecular complexity index is 559. The molecule has 1 aromatic rings. The minimum Gasteiger partial charge on any atom is -0.493 e. The summed E-state index contributed by atoms with van der Waals surface area (Å²) in [6.45, 7) is 2.95. The van der Waals surface area contributed by atoms with E-state index in [2.05, 4.69) is 12.2 Å². The Morgan fingerprint density at radius 1 is 0.889 bits per heavy atom. The van der Waals surface area contributed by atoms with Crippen molar-refractivity contribution in [3.63, 3.8) is 0 Å². The van der Waals surface area contributed by atoms with Gasteiger partial charge in [-0.3, -0.25) is 4.79 Å². The second-order valence-corrected chi connectivity index (χ2v) is 6.56. The Kier molecular flexibility index (Phi) is 11.8. The van der Waals surface area contributed by atoms with Crippen LogP contribution in [0, 0.1) is 0 Å². The summed E-state index contributed by atoms with van der Waals surface area (Å²) in [4.78, 5) is 12.0. The molecule has 0 aliphatic rings. The molecule has 0 saturated carbocycles. The fourth-order valence-corrected chi connectivity index (χ4v) is 2.90. The van der Waals surface area contributed by atoms with Crippen molar-refractivity contribution in [2.24, 2.45) is 0 Å². The molecule has 1 aromatic carbocycles. The van der Waals surface area contributed by atoms with E-state index in [4.69, 9.17) is 14.2 Å². The van der Waals surface area contributed by atoms with Crippen molar-refractivity contribution < 1.29 is 19.0 Å². The van der Waals surface area contributed by atoms with Gasteiger partial charge in [-0.2, -0.15) is 0 Å². The number of hydrogen-bond acceptors (Lipinski definition) is 4. The van der Waals surface area contributed by atoms with Crippen molar-refractivity contribution in [1.29, 1.82) is 0 Å². The predicted octanol–water partition coefficient (Wildman–Crippen LogP) is 4.98. The van der Waals surface area contributed by atoms with Gasteiger partial charge in [0.15, 0.2) is 11.5 Å². The molecule has 0 aromatic heterocycles. The van der Waals surface area contributed by atoms with Crippen LogP contribution < -0.4 is 19.5 Å². The number of methoxy groups -OCH3 is 3. The fraction of sp³-hybridized carbons (Fsp3) is 0.591. The van der Waals surface area contributed by atoms with Crippen molar-refractivity contribution in [3.8, 4) is 17.2 Å². The molecule has 0 saturated heterocycles. The van der Waals surface area contributed by atoms with Crippen LogP contribution in [0.4, 0.5) is 0 Å². The van der Waals surface area contributed by atoms with Gasteiger partial charge in [-0.1, -0.05) is 51.9 Å². The largest absolute Gasteiger partial charge is 0.493 e. The number of amides is 1. The molecular weight excluding hydrogens is 342 g/mol. The lowest BCUT2D eigenvalue weighted by molar-refractivity contribution is -0.116. The van der Waals surface area contributed by atoms with Crippen LogP contribution in [0.1, 0.15) is 63.9 Å². The molecule has 0 bridgehead atoms. The zero-order valence-corrected chi connectivity index (χ0v) is 17.3. The van der Waals surface area contributed by atoms with Crippen molar-refractivity contribution in [2.45, 2.75) is 58.3 Å². The van der Waals surface area contributed by atoms with Gasteiger partial charge in [-0.15, -0.1) is 0 Å². The van der Waals surface area contributed by atoms with Gasteiger partial charge in [0.1, 0.15) is 0 Å². The van der Waals surface area contributed by atoms with Gasteiger partial charge in [0.2, 0.25) is 11.7 Å². The van der Waals surface area contributed by atoms with E-state index < -0.39 is 0 Å². The maximum atomic E-state index is 12.0. The third-order valence-electron chi connectivity index (χ3n) is 4.44. The minimum absolute atomic E-state index is 0.0910. The lowest BCUT2D eigenvalue weighted by Gasteiger charge is -2.12. The first-order chi connectivity index (χ1) is 13.2. The Labute approximate surface area is 164 Å². The molecule has 152 valence electrons. The molecule has 0 aliphatic heterocycles. The first kappa shape index (κ1) is 22.9. The van der Waals surface area contributed by atoms with Gasteiger partial charge < -0.3 is 19.5 Å². The summed E-state index contributed by atoms with van der Waals surface area (Å²) in [5, 5.41) is 2.93. The van der Waals surface area contributed by atoms with Crippen LogP contribution in [-0.4, -0.2) is 33.8 Å². The third-order valence-corrected chi connectivity index (χ3v) is 4.44. The van der Waals surface area contributed by atoms with Crippen molar-refractivity contribution in [2.75, 3.05) is 27.9 Å². The summed E-state index contributed by atoms with van der Waals surface area (Å²) >= 11 is 0. The van der Waals surface area contributed by atoms with Crippen LogP contribution in [0.2, 0.25) is 0 Å². The fourth-order valence-electron chi connectivity index (χ4n) is 2.90. The van der Waals surface area contributed by atoms with Crippen LogP contribution >= 0.6 is 0 Å². The zero-order chi connectivity index (χ0) is 19.9. The highest BCUT2D eigenvalue weighted by atomic mass is 16.5.